The molecule has 0 N–H and O–H groups in total. The van der Waals surface area contributed by atoms with Gasteiger partial charge in [0.05, 0.1) is 0 Å². The molecule has 0 fully saturated rings. The fraction of sp³-hybridized carbons (Fsp3) is 0.438. The van der Waals surface area contributed by atoms with Crippen molar-refractivity contribution < 1.29 is 18.9 Å². The van der Waals surface area contributed by atoms with E-state index in [1.807, 2.05) is 0 Å². The number of fused-ring (bicyclic) bond motifs is 2. The molecular weight excluding hydrogens is 227 g/mol. The average molecular weight is 248 g/mol. The molecule has 2 aromatic rings. The van der Waals surface area contributed by atoms with Crippen LogP contribution in [-0.2, 0) is 18.9 Å². The summed E-state index contributed by atoms with van der Waals surface area (Å²) in [5, 5.41) is 3.01. The van der Waals surface area contributed by atoms with E-state index in [0.717, 1.165) is 0 Å². The van der Waals surface area contributed by atoms with Gasteiger partial charge in [-0.25, -0.2) is 0 Å². The zero-order valence-electron chi connectivity index (χ0n) is 12.1. The van der Waals surface area contributed by atoms with E-state index in [1.165, 1.54) is 36.1 Å². The van der Waals surface area contributed by atoms with Gasteiger partial charge in [0.25, 0.3) is 0 Å². The van der Waals surface area contributed by atoms with Gasteiger partial charge in [0.2, 0.25) is 0 Å². The Labute approximate surface area is 123 Å². The molecule has 0 spiro atoms. The minimum atomic E-state index is -1.00. The van der Waals surface area contributed by atoms with Gasteiger partial charge >= 0.3 is 18.9 Å². The molecule has 0 bridgehead atoms. The number of aryl methyl sites for hydroxylation is 2. The van der Waals surface area contributed by atoms with Crippen LogP contribution in [0.1, 0.15) is 23.1 Å². The second-order valence-corrected chi connectivity index (χ2v) is 12.1. The van der Waals surface area contributed by atoms with Crippen molar-refractivity contribution >= 4 is 18.8 Å². The van der Waals surface area contributed by atoms with Gasteiger partial charge in [-0.3, -0.25) is 0 Å². The summed E-state index contributed by atoms with van der Waals surface area (Å²) in [5.41, 5.74) is 4.80. The van der Waals surface area contributed by atoms with Crippen LogP contribution in [0.3, 0.4) is 0 Å². The number of hydrogen-bond donors (Lipinski definition) is 0. The summed E-state index contributed by atoms with van der Waals surface area (Å²) in [4.78, 5) is 0. The van der Waals surface area contributed by atoms with Crippen molar-refractivity contribution in [3.05, 3.63) is 41.0 Å². The molecule has 0 atom stereocenters. The molecule has 3 rings (SSSR count). The first-order valence-electron chi connectivity index (χ1n) is 6.73. The van der Waals surface area contributed by atoms with Gasteiger partial charge in [-0.2, -0.15) is 12.1 Å². The first-order chi connectivity index (χ1) is 8.03. The van der Waals surface area contributed by atoms with Crippen molar-refractivity contribution in [2.24, 2.45) is 0 Å². The SMILES string of the molecule is C[Si](C)(C)C[c-]1ccc2cc3c(cc21)CCC3.[Li+]. The Bertz CT molecular complexity index is 560. The zero-order valence-corrected chi connectivity index (χ0v) is 13.1. The molecule has 0 heterocycles. The summed E-state index contributed by atoms with van der Waals surface area (Å²) in [6.45, 7) is 7.37. The summed E-state index contributed by atoms with van der Waals surface area (Å²) in [7, 11) is -1.00. The summed E-state index contributed by atoms with van der Waals surface area (Å²) >= 11 is 0. The van der Waals surface area contributed by atoms with Crippen LogP contribution >= 0.6 is 0 Å². The molecule has 0 nitrogen and oxygen atoms in total. The molecule has 18 heavy (non-hydrogen) atoms. The second-order valence-electron chi connectivity index (χ2n) is 6.66. The fourth-order valence-corrected chi connectivity index (χ4v) is 4.52. The van der Waals surface area contributed by atoms with Crippen LogP contribution < -0.4 is 18.9 Å². The van der Waals surface area contributed by atoms with E-state index in [1.54, 1.807) is 16.7 Å². The molecule has 0 amide bonds. The van der Waals surface area contributed by atoms with Crippen LogP contribution in [0.25, 0.3) is 10.8 Å². The van der Waals surface area contributed by atoms with Crippen molar-refractivity contribution in [2.45, 2.75) is 44.9 Å². The molecular formula is C16H21LiSi. The summed E-state index contributed by atoms with van der Waals surface area (Å²) < 4.78 is 0. The van der Waals surface area contributed by atoms with Gasteiger partial charge in [0.15, 0.2) is 0 Å². The molecule has 0 saturated carbocycles. The molecule has 0 aromatic heterocycles. The van der Waals surface area contributed by atoms with Crippen LogP contribution in [0.4, 0.5) is 0 Å². The standard InChI is InChI=1S/C16H21Si.Li/c1-17(2,3)11-15-8-7-14-9-12-5-4-6-13(12)10-16(14)15;/h7-10H,4-6,11H2,1-3H3;/q-1;+1. The van der Waals surface area contributed by atoms with Crippen molar-refractivity contribution in [1.82, 2.24) is 0 Å². The predicted molar refractivity (Wildman–Crippen MR) is 78.6 cm³/mol. The molecule has 90 valence electrons. The third-order valence-electron chi connectivity index (χ3n) is 3.79. The molecule has 1 aliphatic rings. The van der Waals surface area contributed by atoms with Crippen molar-refractivity contribution in [3.8, 4) is 0 Å². The van der Waals surface area contributed by atoms with Crippen LogP contribution in [0.5, 0.6) is 0 Å². The van der Waals surface area contributed by atoms with Gasteiger partial charge in [-0.05, 0) is 19.3 Å². The number of rotatable bonds is 2. The number of benzene rings is 1. The minimum absolute atomic E-state index is 0. The van der Waals surface area contributed by atoms with Crippen molar-refractivity contribution in [2.75, 3.05) is 0 Å². The quantitative estimate of drug-likeness (QED) is 0.558. The maximum atomic E-state index is 2.48. The molecule has 1 aliphatic carbocycles. The molecule has 0 saturated heterocycles. The summed E-state index contributed by atoms with van der Waals surface area (Å²) in [5.74, 6) is 0. The van der Waals surface area contributed by atoms with E-state index >= 15 is 0 Å². The van der Waals surface area contributed by atoms with Gasteiger partial charge in [0.1, 0.15) is 0 Å². The van der Waals surface area contributed by atoms with Crippen LogP contribution in [0.2, 0.25) is 19.6 Å². The largest absolute Gasteiger partial charge is 1.00 e. The van der Waals surface area contributed by atoms with Gasteiger partial charge in [-0.1, -0.05) is 36.8 Å². The fourth-order valence-electron chi connectivity index (χ4n) is 3.06. The van der Waals surface area contributed by atoms with Crippen LogP contribution in [0.15, 0.2) is 24.3 Å². The Balaban J connectivity index is 0.00000120. The smallest absolute Gasteiger partial charge is 0.168 e. The Morgan fingerprint density at radius 1 is 1.11 bits per heavy atom. The van der Waals surface area contributed by atoms with Gasteiger partial charge < -0.3 is 0 Å². The summed E-state index contributed by atoms with van der Waals surface area (Å²) in [6.07, 6.45) is 3.94. The zero-order chi connectivity index (χ0) is 12.0. The molecule has 2 heteroatoms. The van der Waals surface area contributed by atoms with E-state index in [-0.39, 0.29) is 18.9 Å². The maximum absolute atomic E-state index is 2.48. The maximum Gasteiger partial charge on any atom is 1.00 e. The summed E-state index contributed by atoms with van der Waals surface area (Å²) in [6, 6.07) is 10.9. The Morgan fingerprint density at radius 3 is 2.44 bits per heavy atom. The van der Waals surface area contributed by atoms with Gasteiger partial charge in [0, 0.05) is 8.07 Å². The van der Waals surface area contributed by atoms with E-state index < -0.39 is 8.07 Å². The molecule has 2 aromatic carbocycles. The van der Waals surface area contributed by atoms with E-state index in [2.05, 4.69) is 43.9 Å². The minimum Gasteiger partial charge on any atom is -0.168 e. The average Bonchev–Trinajstić information content (AvgIpc) is 2.80. The van der Waals surface area contributed by atoms with E-state index in [0.29, 0.717) is 0 Å². The first kappa shape index (κ1) is 14.1. The van der Waals surface area contributed by atoms with Crippen molar-refractivity contribution in [1.29, 1.82) is 0 Å². The topological polar surface area (TPSA) is 0 Å². The second kappa shape index (κ2) is 4.96. The Kier molecular flexibility index (Phi) is 3.88. The van der Waals surface area contributed by atoms with Gasteiger partial charge in [-0.15, -0.1) is 28.5 Å². The third kappa shape index (κ3) is 2.64. The normalized spacial score (nSPS) is 14.6. The third-order valence-corrected chi connectivity index (χ3v) is 5.24. The monoisotopic (exact) mass is 248 g/mol. The predicted octanol–water partition coefficient (Wildman–Crippen LogP) is 1.47. The Hall–Kier alpha value is -0.356. The van der Waals surface area contributed by atoms with Crippen LogP contribution in [0, 0.1) is 0 Å². The number of hydrogen-bond acceptors (Lipinski definition) is 0. The Morgan fingerprint density at radius 2 is 1.78 bits per heavy atom. The molecule has 0 radical (unpaired) electrons. The first-order valence-corrected chi connectivity index (χ1v) is 10.4. The van der Waals surface area contributed by atoms with E-state index in [4.69, 9.17) is 0 Å². The van der Waals surface area contributed by atoms with Crippen LogP contribution in [-0.4, -0.2) is 8.07 Å². The van der Waals surface area contributed by atoms with E-state index in [9.17, 15) is 0 Å². The molecule has 0 aliphatic heterocycles. The van der Waals surface area contributed by atoms with Crippen molar-refractivity contribution in [3.63, 3.8) is 0 Å². The molecule has 0 unspecified atom stereocenters.